The third-order valence-electron chi connectivity index (χ3n) is 1.54. The summed E-state index contributed by atoms with van der Waals surface area (Å²) in [6.07, 6.45) is 4.31. The van der Waals surface area contributed by atoms with Gasteiger partial charge in [0.15, 0.2) is 0 Å². The van der Waals surface area contributed by atoms with Crippen LogP contribution in [0.3, 0.4) is 0 Å². The number of nitrogens with two attached hydrogens (primary N) is 2. The van der Waals surface area contributed by atoms with E-state index in [1.54, 1.807) is 0 Å². The molecule has 0 amide bonds. The summed E-state index contributed by atoms with van der Waals surface area (Å²) in [4.78, 5) is 36.5. The Hall–Kier alpha value is 0.257. The number of rotatable bonds is 9. The average molecular weight is 910 g/mol. The zero-order valence-electron chi connectivity index (χ0n) is 16.6. The summed E-state index contributed by atoms with van der Waals surface area (Å²) >= 11 is 18.7. The maximum atomic E-state index is 9.12. The molecule has 0 saturated carbocycles. The number of hydrogen-bond donors (Lipinski definition) is 0. The van der Waals surface area contributed by atoms with E-state index in [1.165, 1.54) is 0 Å². The van der Waals surface area contributed by atoms with Crippen molar-refractivity contribution in [3.63, 3.8) is 0 Å². The number of carboxylic acids is 4. The fourth-order valence-corrected chi connectivity index (χ4v) is 0.604. The SMILES string of the molecule is O=C([O-])CCl.O=C([O-])CCl.O=C([O-])CCl.O=C([O-])CCl.[NH-]CCCCCC[NH-].[NH2-].[NH2-].[Pt+4].[Pt+4]. The number of alkyl halides is 4. The molecule has 0 bridgehead atoms. The van der Waals surface area contributed by atoms with Gasteiger partial charge in [0.1, 0.15) is 0 Å². The van der Waals surface area contributed by atoms with Crippen LogP contribution in [0.25, 0.3) is 23.8 Å². The van der Waals surface area contributed by atoms with Crippen LogP contribution in [0.2, 0.25) is 0 Å². The zero-order valence-corrected chi connectivity index (χ0v) is 24.2. The summed E-state index contributed by atoms with van der Waals surface area (Å²) in [5.41, 5.74) is 13.6. The van der Waals surface area contributed by atoms with E-state index in [-0.39, 0.29) is 54.4 Å². The predicted molar refractivity (Wildman–Crippen MR) is 110 cm³/mol. The summed E-state index contributed by atoms with van der Waals surface area (Å²) < 4.78 is 0. The fraction of sp³-hybridized carbons (Fsp3) is 0.714. The average Bonchev–Trinajstić information content (AvgIpc) is 2.67. The van der Waals surface area contributed by atoms with Crippen LogP contribution in [-0.2, 0) is 61.3 Å². The molecule has 0 fully saturated rings. The molecule has 6 N–H and O–H groups in total. The number of halogens is 4. The smallest absolute Gasteiger partial charge is 0.693 e. The Morgan fingerprint density at radius 1 is 0.500 bits per heavy atom. The van der Waals surface area contributed by atoms with Gasteiger partial charge in [0, 0.05) is 0 Å². The van der Waals surface area contributed by atoms with Crippen molar-refractivity contribution in [1.82, 2.24) is 0 Å². The molecule has 0 aromatic heterocycles. The van der Waals surface area contributed by atoms with Crippen LogP contribution in [0, 0.1) is 0 Å². The van der Waals surface area contributed by atoms with E-state index in [0.717, 1.165) is 25.7 Å². The number of carbonyl (C=O) groups excluding carboxylic acids is 4. The minimum atomic E-state index is -1.23. The van der Waals surface area contributed by atoms with E-state index in [1.807, 2.05) is 0 Å². The van der Waals surface area contributed by atoms with E-state index in [9.17, 15) is 0 Å². The molecule has 0 radical (unpaired) electrons. The van der Waals surface area contributed by atoms with Gasteiger partial charge in [-0.15, -0.1) is 46.4 Å². The van der Waals surface area contributed by atoms with Crippen molar-refractivity contribution in [3.05, 3.63) is 23.8 Å². The maximum Gasteiger partial charge on any atom is 4.00 e. The maximum absolute atomic E-state index is 9.12. The first-order chi connectivity index (χ1) is 13.0. The van der Waals surface area contributed by atoms with Gasteiger partial charge in [-0.2, -0.15) is 13.1 Å². The van der Waals surface area contributed by atoms with E-state index >= 15 is 0 Å². The van der Waals surface area contributed by atoms with Crippen molar-refractivity contribution < 1.29 is 81.7 Å². The van der Waals surface area contributed by atoms with Gasteiger partial charge in [-0.3, -0.25) is 0 Å². The molecule has 0 unspecified atom stereocenters. The first-order valence-electron chi connectivity index (χ1n) is 7.32. The molecule has 0 aromatic carbocycles. The van der Waals surface area contributed by atoms with Gasteiger partial charge >= 0.3 is 42.1 Å². The first-order valence-corrected chi connectivity index (χ1v) is 9.46. The molecule has 0 aromatic rings. The molecular weight excluding hydrogens is 884 g/mol. The summed E-state index contributed by atoms with van der Waals surface area (Å²) in [6, 6.07) is 0. The third-order valence-corrected chi connectivity index (χ3v) is 2.41. The van der Waals surface area contributed by atoms with Gasteiger partial charge in [0.2, 0.25) is 0 Å². The van der Waals surface area contributed by atoms with Gasteiger partial charge in [0.05, 0.1) is 47.4 Å². The molecular formula is C14H26Cl4N4O8Pt2. The van der Waals surface area contributed by atoms with Gasteiger partial charge in [0.25, 0.3) is 0 Å². The summed E-state index contributed by atoms with van der Waals surface area (Å²) in [5, 5.41) is 36.5. The number of aliphatic carboxylic acids is 4. The number of nitrogens with one attached hydrogen (secondary N) is 2. The zero-order chi connectivity index (χ0) is 23.4. The Bertz CT molecular complexity index is 333. The normalized spacial score (nSPS) is 7.06. The van der Waals surface area contributed by atoms with Gasteiger partial charge < -0.3 is 63.4 Å². The molecule has 0 saturated heterocycles. The van der Waals surface area contributed by atoms with Crippen LogP contribution in [0.15, 0.2) is 0 Å². The second-order valence-electron chi connectivity index (χ2n) is 3.94. The van der Waals surface area contributed by atoms with Crippen LogP contribution in [0.1, 0.15) is 25.7 Å². The molecule has 32 heavy (non-hydrogen) atoms. The van der Waals surface area contributed by atoms with Crippen molar-refractivity contribution in [2.75, 3.05) is 36.6 Å². The first kappa shape index (κ1) is 58.3. The fourth-order valence-electron chi connectivity index (χ4n) is 0.604. The largest absolute Gasteiger partial charge is 4.00 e. The van der Waals surface area contributed by atoms with Crippen LogP contribution in [-0.4, -0.2) is 60.5 Å². The minimum Gasteiger partial charge on any atom is -0.693 e. The summed E-state index contributed by atoms with van der Waals surface area (Å²) in [6.45, 7) is 1.11. The number of carboxylic acid groups (broad SMARTS) is 4. The van der Waals surface area contributed by atoms with Crippen molar-refractivity contribution in [2.45, 2.75) is 25.7 Å². The predicted octanol–water partition coefficient (Wildman–Crippen LogP) is -0.0192. The van der Waals surface area contributed by atoms with Gasteiger partial charge in [-0.05, 0) is 0 Å². The van der Waals surface area contributed by atoms with Crippen LogP contribution in [0.4, 0.5) is 0 Å². The molecule has 198 valence electrons. The molecule has 18 heteroatoms. The van der Waals surface area contributed by atoms with Crippen LogP contribution >= 0.6 is 46.4 Å². The number of unbranched alkanes of at least 4 members (excludes halogenated alkanes) is 3. The Kier molecular flexibility index (Phi) is 105. The Morgan fingerprint density at radius 2 is 0.625 bits per heavy atom. The van der Waals surface area contributed by atoms with Crippen molar-refractivity contribution >= 4 is 70.3 Å². The van der Waals surface area contributed by atoms with Gasteiger partial charge in [-0.25, -0.2) is 0 Å². The van der Waals surface area contributed by atoms with Gasteiger partial charge in [-0.1, -0.05) is 25.7 Å². The van der Waals surface area contributed by atoms with E-state index in [0.29, 0.717) is 13.1 Å². The van der Waals surface area contributed by atoms with Crippen molar-refractivity contribution in [1.29, 1.82) is 0 Å². The standard InChI is InChI=1S/C6H14N2.4C2H3ClO2.2H2N.2Pt/c7-5-3-1-2-4-6-8;4*3-1-2(4)5;;;;/h7-8H,1-6H2;4*1H2,(H,4,5);2*1H2;;/q-2;;;;;2*-1;2*+4/p-4. The van der Waals surface area contributed by atoms with Crippen LogP contribution in [0.5, 0.6) is 0 Å². The molecule has 0 aliphatic heterocycles. The molecule has 0 atom stereocenters. The van der Waals surface area contributed by atoms with Crippen molar-refractivity contribution in [3.8, 4) is 0 Å². The molecule has 0 aliphatic carbocycles. The number of hydrogen-bond acceptors (Lipinski definition) is 8. The second kappa shape index (κ2) is 57.8. The Balaban J connectivity index is -0.0000000291. The van der Waals surface area contributed by atoms with E-state index in [4.69, 9.17) is 51.1 Å². The monoisotopic (exact) mass is 908 g/mol. The molecule has 0 spiro atoms. The summed E-state index contributed by atoms with van der Waals surface area (Å²) in [7, 11) is 0. The Labute approximate surface area is 236 Å². The topological polar surface area (TPSA) is 275 Å². The summed E-state index contributed by atoms with van der Waals surface area (Å²) in [5.74, 6) is -6.59. The number of carbonyl (C=O) groups is 4. The second-order valence-corrected chi connectivity index (χ2v) is 5.01. The van der Waals surface area contributed by atoms with Crippen LogP contribution < -0.4 is 20.4 Å². The third kappa shape index (κ3) is 147. The van der Waals surface area contributed by atoms with Crippen molar-refractivity contribution in [2.24, 2.45) is 0 Å². The molecule has 12 nitrogen and oxygen atoms in total. The molecule has 0 rings (SSSR count). The quantitative estimate of drug-likeness (QED) is 0.223. The molecule has 0 aliphatic rings. The molecule has 0 heterocycles. The van der Waals surface area contributed by atoms with E-state index in [2.05, 4.69) is 46.4 Å². The minimum absolute atomic E-state index is 0. The van der Waals surface area contributed by atoms with E-state index < -0.39 is 47.4 Å². The Morgan fingerprint density at radius 3 is 0.688 bits per heavy atom.